The molecule has 0 aliphatic heterocycles. The van der Waals surface area contributed by atoms with Crippen LogP contribution in [-0.2, 0) is 19.9 Å². The average Bonchev–Trinajstić information content (AvgIpc) is 3.09. The summed E-state index contributed by atoms with van der Waals surface area (Å²) in [5.41, 5.74) is 10.6. The number of hydrogen-bond acceptors (Lipinski definition) is 2. The van der Waals surface area contributed by atoms with Crippen molar-refractivity contribution in [2.75, 3.05) is 0 Å². The van der Waals surface area contributed by atoms with Crippen molar-refractivity contribution < 1.29 is 4.79 Å². The normalized spacial score (nSPS) is 14.2. The summed E-state index contributed by atoms with van der Waals surface area (Å²) in [6, 6.07) is 15.4. The van der Waals surface area contributed by atoms with Crippen molar-refractivity contribution >= 4 is 28.4 Å². The lowest BCUT2D eigenvalue weighted by atomic mass is 9.90. The fraction of sp³-hybridized carbons (Fsp3) is 0.273. The average molecular weight is 380 g/mol. The third kappa shape index (κ3) is 3.99. The van der Waals surface area contributed by atoms with Gasteiger partial charge >= 0.3 is 0 Å². The predicted molar refractivity (Wildman–Crippen MR) is 109 cm³/mol. The van der Waals surface area contributed by atoms with Crippen molar-refractivity contribution in [1.82, 2.24) is 4.57 Å². The van der Waals surface area contributed by atoms with E-state index in [-0.39, 0.29) is 0 Å². The van der Waals surface area contributed by atoms with Crippen molar-refractivity contribution in [3.63, 3.8) is 0 Å². The van der Waals surface area contributed by atoms with Gasteiger partial charge in [0.05, 0.1) is 11.6 Å². The van der Waals surface area contributed by atoms with Crippen LogP contribution in [0, 0.1) is 16.7 Å². The van der Waals surface area contributed by atoms with E-state index in [1.807, 2.05) is 24.3 Å². The molecule has 0 unspecified atom stereocenters. The predicted octanol–water partition coefficient (Wildman–Crippen LogP) is 4.61. The molecule has 0 fully saturated rings. The highest BCUT2D eigenvalue weighted by Gasteiger charge is 2.27. The molecule has 1 aliphatic carbocycles. The molecule has 5 heteroatoms. The van der Waals surface area contributed by atoms with Crippen LogP contribution in [-0.4, -0.2) is 10.5 Å². The summed E-state index contributed by atoms with van der Waals surface area (Å²) < 4.78 is 1.76. The third-order valence-corrected chi connectivity index (χ3v) is 5.17. The van der Waals surface area contributed by atoms with Crippen molar-refractivity contribution in [3.8, 4) is 6.07 Å². The number of nitrogens with zero attached hydrogens (tertiary/aromatic N) is 2. The monoisotopic (exact) mass is 379 g/mol. The second kappa shape index (κ2) is 7.09. The first-order valence-corrected chi connectivity index (χ1v) is 9.15. The Morgan fingerprint density at radius 1 is 1.15 bits per heavy atom. The van der Waals surface area contributed by atoms with Gasteiger partial charge in [-0.05, 0) is 65.8 Å². The SMILES string of the molecule is CC1(C)Cc2ccc(C#N)cc2C1.Cn1c(C(N)=O)cc2cc(Cl)ccc21. The van der Waals surface area contributed by atoms with Gasteiger partial charge in [-0.25, -0.2) is 0 Å². The van der Waals surface area contributed by atoms with Crippen LogP contribution in [0.15, 0.2) is 42.5 Å². The zero-order valence-corrected chi connectivity index (χ0v) is 16.5. The second-order valence-corrected chi connectivity index (χ2v) is 8.21. The molecule has 0 spiro atoms. The Bertz CT molecular complexity index is 1070. The molecular weight excluding hydrogens is 358 g/mol. The van der Waals surface area contributed by atoms with E-state index < -0.39 is 5.91 Å². The van der Waals surface area contributed by atoms with Crippen LogP contribution >= 0.6 is 11.6 Å². The number of benzene rings is 2. The minimum absolute atomic E-state index is 0.385. The van der Waals surface area contributed by atoms with Crippen molar-refractivity contribution in [2.45, 2.75) is 26.7 Å². The molecule has 0 radical (unpaired) electrons. The Kier molecular flexibility index (Phi) is 4.99. The Morgan fingerprint density at radius 2 is 1.85 bits per heavy atom. The molecule has 0 bridgehead atoms. The van der Waals surface area contributed by atoms with Gasteiger partial charge in [0.25, 0.3) is 5.91 Å². The molecule has 138 valence electrons. The van der Waals surface area contributed by atoms with Crippen LogP contribution in [0.1, 0.15) is 41.0 Å². The highest BCUT2D eigenvalue weighted by atomic mass is 35.5. The molecule has 2 aromatic carbocycles. The molecule has 4 rings (SSSR count). The number of carbonyl (C=O) groups is 1. The fourth-order valence-electron chi connectivity index (χ4n) is 3.68. The van der Waals surface area contributed by atoms with Crippen molar-refractivity contribution in [2.24, 2.45) is 18.2 Å². The Hall–Kier alpha value is -2.77. The van der Waals surface area contributed by atoms with Crippen LogP contribution in [0.5, 0.6) is 0 Å². The number of primary amides is 1. The van der Waals surface area contributed by atoms with E-state index in [2.05, 4.69) is 26.0 Å². The number of amides is 1. The molecule has 1 aliphatic rings. The number of aryl methyl sites for hydroxylation is 1. The zero-order chi connectivity index (χ0) is 19.8. The number of fused-ring (bicyclic) bond motifs is 2. The fourth-order valence-corrected chi connectivity index (χ4v) is 3.86. The van der Waals surface area contributed by atoms with E-state index in [1.54, 1.807) is 23.7 Å². The molecule has 0 saturated heterocycles. The summed E-state index contributed by atoms with van der Waals surface area (Å²) >= 11 is 5.83. The van der Waals surface area contributed by atoms with Crippen LogP contribution in [0.2, 0.25) is 5.02 Å². The smallest absolute Gasteiger partial charge is 0.265 e. The van der Waals surface area contributed by atoms with E-state index in [1.165, 1.54) is 11.1 Å². The maximum Gasteiger partial charge on any atom is 0.265 e. The molecule has 3 aromatic rings. The number of aromatic nitrogens is 1. The summed E-state index contributed by atoms with van der Waals surface area (Å²) in [4.78, 5) is 11.0. The number of nitrogens with two attached hydrogens (primary N) is 1. The lowest BCUT2D eigenvalue weighted by molar-refractivity contribution is 0.0993. The van der Waals surface area contributed by atoms with Gasteiger partial charge in [0.15, 0.2) is 0 Å². The van der Waals surface area contributed by atoms with Crippen LogP contribution in [0.25, 0.3) is 10.9 Å². The number of carbonyl (C=O) groups excluding carboxylic acids is 1. The second-order valence-electron chi connectivity index (χ2n) is 7.77. The minimum atomic E-state index is -0.431. The molecule has 0 saturated carbocycles. The lowest BCUT2D eigenvalue weighted by Crippen LogP contribution is -2.14. The van der Waals surface area contributed by atoms with Gasteiger partial charge in [0, 0.05) is 23.0 Å². The molecule has 27 heavy (non-hydrogen) atoms. The van der Waals surface area contributed by atoms with Gasteiger partial charge in [-0.2, -0.15) is 5.26 Å². The summed E-state index contributed by atoms with van der Waals surface area (Å²) in [5.74, 6) is -0.431. The largest absolute Gasteiger partial charge is 0.364 e. The van der Waals surface area contributed by atoms with Crippen molar-refractivity contribution in [3.05, 3.63) is 69.9 Å². The van der Waals surface area contributed by atoms with Gasteiger partial charge < -0.3 is 10.3 Å². The first-order valence-electron chi connectivity index (χ1n) is 8.77. The summed E-state index contributed by atoms with van der Waals surface area (Å²) in [7, 11) is 1.80. The van der Waals surface area contributed by atoms with Gasteiger partial charge in [0.1, 0.15) is 5.69 Å². The standard InChI is InChI=1S/C12H13N.C10H9ClN2O/c1-12(2)6-10-4-3-9(8-13)5-11(10)7-12;1-13-8-3-2-7(11)4-6(8)5-9(13)10(12)14/h3-5H,6-7H2,1-2H3;2-5H,1H3,(H2,12,14). The highest BCUT2D eigenvalue weighted by Crippen LogP contribution is 2.36. The first-order chi connectivity index (χ1) is 12.7. The van der Waals surface area contributed by atoms with Gasteiger partial charge in [0.2, 0.25) is 0 Å². The highest BCUT2D eigenvalue weighted by molar-refractivity contribution is 6.31. The van der Waals surface area contributed by atoms with Crippen LogP contribution < -0.4 is 5.73 Å². The summed E-state index contributed by atoms with van der Waals surface area (Å²) in [6.45, 7) is 4.55. The topological polar surface area (TPSA) is 71.8 Å². The van der Waals surface area contributed by atoms with Crippen LogP contribution in [0.4, 0.5) is 0 Å². The third-order valence-electron chi connectivity index (χ3n) is 4.93. The molecule has 2 N–H and O–H groups in total. The summed E-state index contributed by atoms with van der Waals surface area (Å²) in [6.07, 6.45) is 2.26. The van der Waals surface area contributed by atoms with Crippen molar-refractivity contribution in [1.29, 1.82) is 5.26 Å². The first kappa shape index (κ1) is 19.0. The molecule has 4 nitrogen and oxygen atoms in total. The Labute approximate surface area is 164 Å². The quantitative estimate of drug-likeness (QED) is 0.670. The number of halogens is 1. The van der Waals surface area contributed by atoms with Gasteiger partial charge in [-0.3, -0.25) is 4.79 Å². The number of rotatable bonds is 1. The Morgan fingerprint density at radius 3 is 2.52 bits per heavy atom. The lowest BCUT2D eigenvalue weighted by Gasteiger charge is -2.14. The zero-order valence-electron chi connectivity index (χ0n) is 15.7. The van der Waals surface area contributed by atoms with E-state index in [0.717, 1.165) is 29.3 Å². The molecule has 1 amide bonds. The van der Waals surface area contributed by atoms with Gasteiger partial charge in [-0.1, -0.05) is 31.5 Å². The maximum atomic E-state index is 11.0. The van der Waals surface area contributed by atoms with E-state index >= 15 is 0 Å². The van der Waals surface area contributed by atoms with E-state index in [9.17, 15) is 4.79 Å². The molecule has 1 heterocycles. The van der Waals surface area contributed by atoms with E-state index in [0.29, 0.717) is 16.1 Å². The number of nitriles is 1. The summed E-state index contributed by atoms with van der Waals surface area (Å²) in [5, 5.41) is 10.3. The molecule has 1 aromatic heterocycles. The minimum Gasteiger partial charge on any atom is -0.364 e. The molecular formula is C22H22ClN3O. The maximum absolute atomic E-state index is 11.0. The van der Waals surface area contributed by atoms with Crippen LogP contribution in [0.3, 0.4) is 0 Å². The Balaban J connectivity index is 0.000000156. The number of hydrogen-bond donors (Lipinski definition) is 1. The van der Waals surface area contributed by atoms with Gasteiger partial charge in [-0.15, -0.1) is 0 Å². The molecule has 0 atom stereocenters. The van der Waals surface area contributed by atoms with E-state index in [4.69, 9.17) is 22.6 Å².